The van der Waals surface area contributed by atoms with Gasteiger partial charge in [-0.1, -0.05) is 0 Å². The zero-order valence-corrected chi connectivity index (χ0v) is 11.1. The van der Waals surface area contributed by atoms with E-state index in [4.69, 9.17) is 0 Å². The number of hydrogen-bond donors (Lipinski definition) is 2. The summed E-state index contributed by atoms with van der Waals surface area (Å²) in [6.45, 7) is -1.41. The number of hydrogen-bond acceptors (Lipinski definition) is 7. The molecule has 0 amide bonds. The predicted octanol–water partition coefficient (Wildman–Crippen LogP) is -3.52. The van der Waals surface area contributed by atoms with E-state index in [9.17, 15) is 30.0 Å². The molecular formula is C11H14CuNO7+. The van der Waals surface area contributed by atoms with Gasteiger partial charge in [0.2, 0.25) is 0 Å². The standard InChI is InChI=1S/C11H13NO6.Cu.H2O/c13-8-1-2-9(14)7(3-8)4-12(5-10(15)16)6-11(17)18;;/h1-3,13-14H,4-6H2,(H,15,16)(H,17,18);;1H2/q;+2;/p-1. The smallest absolute Gasteiger partial charge is 0.549 e. The summed E-state index contributed by atoms with van der Waals surface area (Å²) in [5.74, 6) is -3.19. The summed E-state index contributed by atoms with van der Waals surface area (Å²) < 4.78 is 0. The van der Waals surface area contributed by atoms with Gasteiger partial charge < -0.3 is 35.5 Å². The molecule has 115 valence electrons. The van der Waals surface area contributed by atoms with Crippen LogP contribution in [0.2, 0.25) is 0 Å². The molecule has 0 unspecified atom stereocenters. The first-order valence-electron chi connectivity index (χ1n) is 5.01. The maximum absolute atomic E-state index is 10.5. The first-order chi connectivity index (χ1) is 8.38. The minimum Gasteiger partial charge on any atom is -0.549 e. The van der Waals surface area contributed by atoms with Gasteiger partial charge in [-0.05, 0) is 18.2 Å². The van der Waals surface area contributed by atoms with Gasteiger partial charge in [-0.15, -0.1) is 0 Å². The van der Waals surface area contributed by atoms with Crippen molar-refractivity contribution in [2.24, 2.45) is 0 Å². The van der Waals surface area contributed by atoms with E-state index in [2.05, 4.69) is 0 Å². The van der Waals surface area contributed by atoms with Gasteiger partial charge in [-0.2, -0.15) is 0 Å². The van der Waals surface area contributed by atoms with Gasteiger partial charge in [0.25, 0.3) is 0 Å². The molecule has 1 aromatic rings. The SMILES string of the molecule is O=C([O-])CN(CC(=O)[O-])Cc1cc(O)ccc1O.[Cu+2].[OH3+]. The second-order valence-corrected chi connectivity index (χ2v) is 3.70. The fourth-order valence-corrected chi connectivity index (χ4v) is 1.47. The Kier molecular flexibility index (Phi) is 9.39. The van der Waals surface area contributed by atoms with E-state index in [1.807, 2.05) is 0 Å². The normalized spacial score (nSPS) is 9.45. The molecule has 1 aromatic carbocycles. The molecule has 0 saturated carbocycles. The Bertz CT molecular complexity index is 450. The average Bonchev–Trinajstić information content (AvgIpc) is 2.21. The van der Waals surface area contributed by atoms with Crippen molar-refractivity contribution >= 4 is 11.9 Å². The second-order valence-electron chi connectivity index (χ2n) is 3.70. The molecular weight excluding hydrogens is 322 g/mol. The predicted molar refractivity (Wildman–Crippen MR) is 59.9 cm³/mol. The zero-order valence-electron chi connectivity index (χ0n) is 10.2. The van der Waals surface area contributed by atoms with Gasteiger partial charge in [-0.25, -0.2) is 0 Å². The quantitative estimate of drug-likeness (QED) is 0.310. The average molecular weight is 336 g/mol. The van der Waals surface area contributed by atoms with Crippen LogP contribution in [0.3, 0.4) is 0 Å². The first-order valence-corrected chi connectivity index (χ1v) is 5.01. The van der Waals surface area contributed by atoms with E-state index in [-0.39, 0.29) is 46.2 Å². The second kappa shape index (κ2) is 9.16. The number of carboxylic acids is 2. The van der Waals surface area contributed by atoms with E-state index >= 15 is 0 Å². The monoisotopic (exact) mass is 335 g/mol. The minimum absolute atomic E-state index is 0. The van der Waals surface area contributed by atoms with Gasteiger partial charge in [0.05, 0.1) is 11.9 Å². The Labute approximate surface area is 125 Å². The van der Waals surface area contributed by atoms with Gasteiger partial charge in [0.15, 0.2) is 0 Å². The van der Waals surface area contributed by atoms with Crippen molar-refractivity contribution in [1.29, 1.82) is 0 Å². The third-order valence-corrected chi connectivity index (χ3v) is 2.16. The van der Waals surface area contributed by atoms with Crippen LogP contribution in [0.4, 0.5) is 0 Å². The zero-order chi connectivity index (χ0) is 13.7. The van der Waals surface area contributed by atoms with Crippen molar-refractivity contribution in [2.45, 2.75) is 6.54 Å². The van der Waals surface area contributed by atoms with Crippen LogP contribution in [-0.2, 0) is 38.7 Å². The third kappa shape index (κ3) is 6.95. The molecule has 0 spiro atoms. The molecule has 8 nitrogen and oxygen atoms in total. The van der Waals surface area contributed by atoms with Crippen LogP contribution >= 0.6 is 0 Å². The Morgan fingerprint density at radius 1 is 1.10 bits per heavy atom. The number of phenolic OH excluding ortho intramolecular Hbond substituents is 2. The minimum atomic E-state index is -1.45. The topological polar surface area (TPSA) is 157 Å². The van der Waals surface area contributed by atoms with Crippen LogP contribution in [-0.4, -0.2) is 40.1 Å². The molecule has 0 atom stereocenters. The van der Waals surface area contributed by atoms with Crippen molar-refractivity contribution in [3.63, 3.8) is 0 Å². The first kappa shape index (κ1) is 20.5. The number of aromatic hydroxyl groups is 2. The van der Waals surface area contributed by atoms with Crippen molar-refractivity contribution in [3.8, 4) is 11.5 Å². The Morgan fingerprint density at radius 2 is 1.60 bits per heavy atom. The molecule has 0 heterocycles. The molecule has 0 aliphatic heterocycles. The van der Waals surface area contributed by atoms with Crippen molar-refractivity contribution in [2.75, 3.05) is 13.1 Å². The van der Waals surface area contributed by atoms with E-state index in [0.29, 0.717) is 0 Å². The summed E-state index contributed by atoms with van der Waals surface area (Å²) in [6.07, 6.45) is 0. The molecule has 5 N–H and O–H groups in total. The number of phenols is 2. The van der Waals surface area contributed by atoms with E-state index < -0.39 is 25.0 Å². The molecule has 0 fully saturated rings. The largest absolute Gasteiger partial charge is 2.00 e. The molecule has 0 saturated heterocycles. The maximum atomic E-state index is 10.5. The Hall–Kier alpha value is -1.80. The molecule has 9 heteroatoms. The van der Waals surface area contributed by atoms with Gasteiger partial charge >= 0.3 is 17.1 Å². The summed E-state index contributed by atoms with van der Waals surface area (Å²) in [7, 11) is 0. The van der Waals surface area contributed by atoms with Crippen LogP contribution in [0.15, 0.2) is 18.2 Å². The number of carboxylic acid groups (broad SMARTS) is 2. The summed E-state index contributed by atoms with van der Waals surface area (Å²) in [5.41, 5.74) is 0.206. The van der Waals surface area contributed by atoms with Crippen molar-refractivity contribution in [3.05, 3.63) is 23.8 Å². The molecule has 1 rings (SSSR count). The van der Waals surface area contributed by atoms with E-state index in [1.54, 1.807) is 0 Å². The number of aliphatic carboxylic acids is 2. The van der Waals surface area contributed by atoms with Gasteiger partial charge in [-0.3, -0.25) is 4.90 Å². The Balaban J connectivity index is 0. The van der Waals surface area contributed by atoms with Crippen LogP contribution in [0.1, 0.15) is 5.56 Å². The number of benzene rings is 1. The number of rotatable bonds is 6. The molecule has 20 heavy (non-hydrogen) atoms. The van der Waals surface area contributed by atoms with Gasteiger partial charge in [0.1, 0.15) is 11.5 Å². The van der Waals surface area contributed by atoms with Crippen molar-refractivity contribution in [1.82, 2.24) is 4.90 Å². The van der Waals surface area contributed by atoms with Gasteiger partial charge in [0, 0.05) is 25.2 Å². The Morgan fingerprint density at radius 3 is 2.05 bits per heavy atom. The fraction of sp³-hybridized carbons (Fsp3) is 0.273. The molecule has 0 aliphatic rings. The van der Waals surface area contributed by atoms with E-state index in [0.717, 1.165) is 4.90 Å². The summed E-state index contributed by atoms with van der Waals surface area (Å²) in [4.78, 5) is 21.9. The molecule has 0 aliphatic carbocycles. The molecule has 1 radical (unpaired) electrons. The van der Waals surface area contributed by atoms with Crippen LogP contribution in [0, 0.1) is 0 Å². The number of nitrogens with zero attached hydrogens (tertiary/aromatic N) is 1. The molecule has 0 bridgehead atoms. The number of carbonyl (C=O) groups excluding carboxylic acids is 2. The maximum Gasteiger partial charge on any atom is 2.00 e. The fourth-order valence-electron chi connectivity index (χ4n) is 1.47. The summed E-state index contributed by atoms with van der Waals surface area (Å²) >= 11 is 0. The summed E-state index contributed by atoms with van der Waals surface area (Å²) in [6, 6.07) is 3.69. The van der Waals surface area contributed by atoms with Crippen LogP contribution in [0.5, 0.6) is 11.5 Å². The summed E-state index contributed by atoms with van der Waals surface area (Å²) in [5, 5.41) is 39.6. The van der Waals surface area contributed by atoms with Crippen molar-refractivity contribution < 1.29 is 52.6 Å². The molecule has 0 aromatic heterocycles. The third-order valence-electron chi connectivity index (χ3n) is 2.16. The van der Waals surface area contributed by atoms with E-state index in [1.165, 1.54) is 18.2 Å². The van der Waals surface area contributed by atoms with Crippen LogP contribution in [0.25, 0.3) is 0 Å². The van der Waals surface area contributed by atoms with Crippen LogP contribution < -0.4 is 10.2 Å². The number of carbonyl (C=O) groups is 2.